The Labute approximate surface area is 102 Å². The van der Waals surface area contributed by atoms with Crippen LogP contribution >= 0.6 is 11.6 Å². The molecule has 4 N–H and O–H groups in total. The van der Waals surface area contributed by atoms with Gasteiger partial charge in [0.25, 0.3) is 5.91 Å². The molecule has 0 radical (unpaired) electrons. The highest BCUT2D eigenvalue weighted by Crippen LogP contribution is 2.14. The zero-order valence-electron chi connectivity index (χ0n) is 8.95. The minimum atomic E-state index is -0.735. The first kappa shape index (κ1) is 13.2. The van der Waals surface area contributed by atoms with Gasteiger partial charge < -0.3 is 16.3 Å². The molecule has 1 rings (SSSR count). The highest BCUT2D eigenvalue weighted by Gasteiger charge is 2.16. The standard InChI is InChI=1S/C10H11ClFN3O2/c1-5(9(13)15-17)14-10(16)7-3-2-6(11)4-8(7)12/h2-5,17H,1H3,(H2,13,15)(H,14,16). The number of amidine groups is 1. The molecule has 1 aromatic rings. The van der Waals surface area contributed by atoms with Crippen molar-refractivity contribution in [1.82, 2.24) is 5.32 Å². The Balaban J connectivity index is 2.84. The van der Waals surface area contributed by atoms with Crippen molar-refractivity contribution in [2.45, 2.75) is 13.0 Å². The van der Waals surface area contributed by atoms with Gasteiger partial charge in [-0.2, -0.15) is 0 Å². The first-order chi connectivity index (χ1) is 7.95. The van der Waals surface area contributed by atoms with Crippen molar-refractivity contribution in [3.63, 3.8) is 0 Å². The Bertz CT molecular complexity index is 465. The second-order valence-corrected chi connectivity index (χ2v) is 3.78. The molecule has 0 bridgehead atoms. The van der Waals surface area contributed by atoms with E-state index in [2.05, 4.69) is 10.5 Å². The summed E-state index contributed by atoms with van der Waals surface area (Å²) < 4.78 is 13.4. The molecule has 0 aliphatic carbocycles. The zero-order chi connectivity index (χ0) is 13.0. The van der Waals surface area contributed by atoms with Gasteiger partial charge in [-0.15, -0.1) is 0 Å². The van der Waals surface area contributed by atoms with Crippen molar-refractivity contribution in [2.24, 2.45) is 10.9 Å². The van der Waals surface area contributed by atoms with Gasteiger partial charge in [-0.3, -0.25) is 4.79 Å². The molecular weight excluding hydrogens is 249 g/mol. The van der Waals surface area contributed by atoms with E-state index in [9.17, 15) is 9.18 Å². The van der Waals surface area contributed by atoms with Gasteiger partial charge in [0.05, 0.1) is 11.6 Å². The number of nitrogens with one attached hydrogen (secondary N) is 1. The molecule has 0 fully saturated rings. The molecule has 0 heterocycles. The summed E-state index contributed by atoms with van der Waals surface area (Å²) in [7, 11) is 0. The number of hydrogen-bond donors (Lipinski definition) is 3. The summed E-state index contributed by atoms with van der Waals surface area (Å²) in [5.41, 5.74) is 5.12. The topological polar surface area (TPSA) is 87.7 Å². The predicted molar refractivity (Wildman–Crippen MR) is 61.7 cm³/mol. The molecule has 0 aromatic heterocycles. The van der Waals surface area contributed by atoms with E-state index < -0.39 is 17.8 Å². The van der Waals surface area contributed by atoms with Crippen molar-refractivity contribution in [1.29, 1.82) is 0 Å². The van der Waals surface area contributed by atoms with Crippen molar-refractivity contribution in [2.75, 3.05) is 0 Å². The number of oxime groups is 1. The average molecular weight is 260 g/mol. The van der Waals surface area contributed by atoms with Gasteiger partial charge in [-0.1, -0.05) is 16.8 Å². The van der Waals surface area contributed by atoms with Crippen LogP contribution in [0, 0.1) is 5.82 Å². The van der Waals surface area contributed by atoms with Crippen LogP contribution in [0.2, 0.25) is 5.02 Å². The van der Waals surface area contributed by atoms with E-state index in [4.69, 9.17) is 22.5 Å². The van der Waals surface area contributed by atoms with Crippen molar-refractivity contribution in [3.8, 4) is 0 Å². The van der Waals surface area contributed by atoms with Crippen LogP contribution in [-0.4, -0.2) is 23.0 Å². The Morgan fingerprint density at radius 1 is 1.65 bits per heavy atom. The molecule has 0 saturated carbocycles. The first-order valence-electron chi connectivity index (χ1n) is 4.69. The molecule has 0 saturated heterocycles. The highest BCUT2D eigenvalue weighted by atomic mass is 35.5. The van der Waals surface area contributed by atoms with Crippen LogP contribution in [0.25, 0.3) is 0 Å². The Kier molecular flexibility index (Phi) is 4.28. The molecule has 1 aromatic carbocycles. The lowest BCUT2D eigenvalue weighted by Gasteiger charge is -2.12. The zero-order valence-corrected chi connectivity index (χ0v) is 9.70. The van der Waals surface area contributed by atoms with Crippen molar-refractivity contribution < 1.29 is 14.4 Å². The molecule has 17 heavy (non-hydrogen) atoms. The summed E-state index contributed by atoms with van der Waals surface area (Å²) in [4.78, 5) is 11.6. The molecule has 92 valence electrons. The molecule has 1 unspecified atom stereocenters. The van der Waals surface area contributed by atoms with Gasteiger partial charge in [0.1, 0.15) is 5.82 Å². The van der Waals surface area contributed by atoms with Gasteiger partial charge in [0, 0.05) is 5.02 Å². The largest absolute Gasteiger partial charge is 0.409 e. The maximum absolute atomic E-state index is 13.4. The predicted octanol–water partition coefficient (Wildman–Crippen LogP) is 1.34. The van der Waals surface area contributed by atoms with Crippen LogP contribution in [-0.2, 0) is 0 Å². The van der Waals surface area contributed by atoms with Gasteiger partial charge in [0.15, 0.2) is 5.84 Å². The monoisotopic (exact) mass is 259 g/mol. The quantitative estimate of drug-likeness (QED) is 0.331. The van der Waals surface area contributed by atoms with Gasteiger partial charge in [0.2, 0.25) is 0 Å². The van der Waals surface area contributed by atoms with E-state index in [-0.39, 0.29) is 16.4 Å². The number of rotatable bonds is 3. The lowest BCUT2D eigenvalue weighted by molar-refractivity contribution is 0.0944. The Hall–Kier alpha value is -1.82. The minimum Gasteiger partial charge on any atom is -0.409 e. The third-order valence-corrected chi connectivity index (χ3v) is 2.32. The summed E-state index contributed by atoms with van der Waals surface area (Å²) in [6, 6.07) is 2.98. The molecule has 5 nitrogen and oxygen atoms in total. The summed E-state index contributed by atoms with van der Waals surface area (Å²) in [6.45, 7) is 1.50. The summed E-state index contributed by atoms with van der Waals surface area (Å²) in [5, 5.41) is 13.7. The molecule has 7 heteroatoms. The second kappa shape index (κ2) is 5.49. The highest BCUT2D eigenvalue weighted by molar-refractivity contribution is 6.30. The Morgan fingerprint density at radius 3 is 2.82 bits per heavy atom. The minimum absolute atomic E-state index is 0.160. The van der Waals surface area contributed by atoms with Gasteiger partial charge in [-0.25, -0.2) is 4.39 Å². The van der Waals surface area contributed by atoms with Crippen LogP contribution < -0.4 is 11.1 Å². The molecule has 1 atom stereocenters. The van der Waals surface area contributed by atoms with Crippen LogP contribution in [0.3, 0.4) is 0 Å². The average Bonchev–Trinajstić information content (AvgIpc) is 2.27. The summed E-state index contributed by atoms with van der Waals surface area (Å²) >= 11 is 5.56. The SMILES string of the molecule is CC(NC(=O)c1ccc(Cl)cc1F)/C(N)=N/O. The van der Waals surface area contributed by atoms with E-state index in [1.165, 1.54) is 19.1 Å². The number of benzene rings is 1. The molecule has 0 aliphatic rings. The van der Waals surface area contributed by atoms with E-state index >= 15 is 0 Å². The number of carbonyl (C=O) groups excluding carboxylic acids is 1. The molecular formula is C10H11ClFN3O2. The van der Waals surface area contributed by atoms with E-state index in [1.54, 1.807) is 0 Å². The second-order valence-electron chi connectivity index (χ2n) is 3.34. The number of carbonyl (C=O) groups is 1. The number of nitrogens with zero attached hydrogens (tertiary/aromatic N) is 1. The maximum Gasteiger partial charge on any atom is 0.254 e. The van der Waals surface area contributed by atoms with Gasteiger partial charge in [-0.05, 0) is 25.1 Å². The van der Waals surface area contributed by atoms with Crippen LogP contribution in [0.15, 0.2) is 23.4 Å². The molecule has 0 aliphatic heterocycles. The van der Waals surface area contributed by atoms with Gasteiger partial charge >= 0.3 is 0 Å². The lowest BCUT2D eigenvalue weighted by Crippen LogP contribution is -2.42. The summed E-state index contributed by atoms with van der Waals surface area (Å²) in [5.74, 6) is -1.58. The van der Waals surface area contributed by atoms with Crippen LogP contribution in [0.4, 0.5) is 4.39 Å². The molecule has 1 amide bonds. The van der Waals surface area contributed by atoms with Crippen molar-refractivity contribution >= 4 is 23.3 Å². The third-order valence-electron chi connectivity index (χ3n) is 2.08. The van der Waals surface area contributed by atoms with Crippen LogP contribution in [0.5, 0.6) is 0 Å². The van der Waals surface area contributed by atoms with Crippen molar-refractivity contribution in [3.05, 3.63) is 34.6 Å². The Morgan fingerprint density at radius 2 is 2.29 bits per heavy atom. The lowest BCUT2D eigenvalue weighted by atomic mass is 10.2. The smallest absolute Gasteiger partial charge is 0.254 e. The fourth-order valence-electron chi connectivity index (χ4n) is 1.11. The molecule has 0 spiro atoms. The van der Waals surface area contributed by atoms with E-state index in [0.29, 0.717) is 0 Å². The fourth-order valence-corrected chi connectivity index (χ4v) is 1.27. The number of nitrogens with two attached hydrogens (primary N) is 1. The van der Waals surface area contributed by atoms with E-state index in [0.717, 1.165) is 6.07 Å². The van der Waals surface area contributed by atoms with E-state index in [1.807, 2.05) is 0 Å². The van der Waals surface area contributed by atoms with Crippen LogP contribution in [0.1, 0.15) is 17.3 Å². The number of hydrogen-bond acceptors (Lipinski definition) is 3. The normalized spacial score (nSPS) is 13.2. The number of halogens is 2. The first-order valence-corrected chi connectivity index (χ1v) is 5.07. The number of amides is 1. The third kappa shape index (κ3) is 3.32. The summed E-state index contributed by atoms with van der Waals surface area (Å²) in [6.07, 6.45) is 0. The fraction of sp³-hybridized carbons (Fsp3) is 0.200. The maximum atomic E-state index is 13.4.